The summed E-state index contributed by atoms with van der Waals surface area (Å²) in [7, 11) is 3.77. The molecule has 0 saturated carbocycles. The Morgan fingerprint density at radius 3 is 2.47 bits per heavy atom. The zero-order valence-electron chi connectivity index (χ0n) is 25.8. The third kappa shape index (κ3) is 7.69. The van der Waals surface area contributed by atoms with Crippen LogP contribution in [-0.4, -0.2) is 94.0 Å². The Kier molecular flexibility index (Phi) is 9.81. The Labute approximate surface area is 262 Å². The van der Waals surface area contributed by atoms with E-state index in [1.54, 1.807) is 23.1 Å². The second-order valence-corrected chi connectivity index (χ2v) is 11.5. The Morgan fingerprint density at radius 1 is 1.04 bits per heavy atom. The first-order valence-electron chi connectivity index (χ1n) is 15.2. The van der Waals surface area contributed by atoms with Gasteiger partial charge in [0, 0.05) is 53.2 Å². The van der Waals surface area contributed by atoms with Gasteiger partial charge in [-0.3, -0.25) is 14.4 Å². The topological polar surface area (TPSA) is 150 Å². The molecular weight excluding hydrogens is 572 g/mol. The summed E-state index contributed by atoms with van der Waals surface area (Å²) in [6.07, 6.45) is 2.61. The average molecular weight is 613 g/mol. The Bertz CT molecular complexity index is 1650. The summed E-state index contributed by atoms with van der Waals surface area (Å²) < 4.78 is 1.87. The Morgan fingerprint density at radius 2 is 1.80 bits per heavy atom. The van der Waals surface area contributed by atoms with E-state index in [1.807, 2.05) is 66.0 Å². The van der Waals surface area contributed by atoms with E-state index in [-0.39, 0.29) is 30.7 Å². The summed E-state index contributed by atoms with van der Waals surface area (Å²) in [4.78, 5) is 53.2. The highest BCUT2D eigenvalue weighted by Crippen LogP contribution is 2.29. The number of likely N-dealkylation sites (tertiary alicyclic amines) is 1. The molecule has 0 atom stereocenters. The molecule has 12 nitrogen and oxygen atoms in total. The minimum Gasteiger partial charge on any atom is -0.508 e. The van der Waals surface area contributed by atoms with Gasteiger partial charge in [0.05, 0.1) is 11.9 Å². The maximum atomic E-state index is 14.2. The Balaban J connectivity index is 1.48. The van der Waals surface area contributed by atoms with Crippen molar-refractivity contribution in [3.63, 3.8) is 0 Å². The minimum atomic E-state index is -0.611. The average Bonchev–Trinajstić information content (AvgIpc) is 3.60. The number of nitrogens with one attached hydrogen (secondary N) is 1. The fourth-order valence-electron chi connectivity index (χ4n) is 5.61. The molecule has 4 N–H and O–H groups in total. The normalized spacial score (nSPS) is 12.9. The van der Waals surface area contributed by atoms with Crippen molar-refractivity contribution >= 4 is 40.5 Å². The lowest BCUT2D eigenvalue weighted by Crippen LogP contribution is -2.41. The molecule has 3 amide bonds. The summed E-state index contributed by atoms with van der Waals surface area (Å²) >= 11 is 0. The molecule has 4 aromatic rings. The molecule has 0 spiro atoms. The molecule has 0 aliphatic carbocycles. The number of hydrogen-bond acceptors (Lipinski definition) is 8. The van der Waals surface area contributed by atoms with Crippen LogP contribution in [0.15, 0.2) is 60.7 Å². The summed E-state index contributed by atoms with van der Waals surface area (Å²) in [5, 5.41) is 13.6. The lowest BCUT2D eigenvalue weighted by atomic mass is 10.1. The van der Waals surface area contributed by atoms with Gasteiger partial charge in [0.2, 0.25) is 17.8 Å². The van der Waals surface area contributed by atoms with Crippen LogP contribution in [0.3, 0.4) is 0 Å². The van der Waals surface area contributed by atoms with Gasteiger partial charge in [-0.1, -0.05) is 42.5 Å². The molecule has 1 aliphatic heterocycles. The van der Waals surface area contributed by atoms with E-state index in [2.05, 4.69) is 5.32 Å². The number of phenolic OH excluding ortho intramolecular Hbond substituents is 1. The van der Waals surface area contributed by atoms with Gasteiger partial charge < -0.3 is 35.4 Å². The van der Waals surface area contributed by atoms with Crippen LogP contribution in [0.1, 0.15) is 40.9 Å². The predicted octanol–water partition coefficient (Wildman–Crippen LogP) is 2.85. The summed E-state index contributed by atoms with van der Waals surface area (Å²) in [6.45, 7) is 2.19. The number of carbonyl (C=O) groups excluding carboxylic acids is 3. The van der Waals surface area contributed by atoms with Gasteiger partial charge in [0.25, 0.3) is 5.91 Å². The highest BCUT2D eigenvalue weighted by molar-refractivity contribution is 6.02. The van der Waals surface area contributed by atoms with Crippen LogP contribution >= 0.6 is 0 Å². The van der Waals surface area contributed by atoms with E-state index < -0.39 is 5.91 Å². The number of nitrogens with zero attached hydrogens (tertiary/aromatic N) is 6. The molecule has 2 aromatic heterocycles. The fraction of sp³-hybridized carbons (Fsp3) is 0.364. The van der Waals surface area contributed by atoms with Crippen molar-refractivity contribution < 1.29 is 19.5 Å². The van der Waals surface area contributed by atoms with Crippen molar-refractivity contribution in [3.05, 3.63) is 77.5 Å². The highest BCUT2D eigenvalue weighted by Gasteiger charge is 2.27. The van der Waals surface area contributed by atoms with Crippen molar-refractivity contribution in [1.29, 1.82) is 0 Å². The monoisotopic (exact) mass is 612 g/mol. The van der Waals surface area contributed by atoms with Gasteiger partial charge in [0.15, 0.2) is 0 Å². The maximum Gasteiger partial charge on any atom is 0.271 e. The summed E-state index contributed by atoms with van der Waals surface area (Å²) in [5.74, 6) is 0.439. The van der Waals surface area contributed by atoms with E-state index >= 15 is 0 Å². The lowest BCUT2D eigenvalue weighted by Gasteiger charge is -2.24. The highest BCUT2D eigenvalue weighted by atomic mass is 16.3. The van der Waals surface area contributed by atoms with Crippen molar-refractivity contribution in [1.82, 2.24) is 24.3 Å². The van der Waals surface area contributed by atoms with Gasteiger partial charge in [-0.2, -0.15) is 9.97 Å². The van der Waals surface area contributed by atoms with Crippen molar-refractivity contribution in [2.75, 3.05) is 57.0 Å². The largest absolute Gasteiger partial charge is 0.508 e. The smallest absolute Gasteiger partial charge is 0.271 e. The van der Waals surface area contributed by atoms with Gasteiger partial charge in [-0.05, 0) is 48.6 Å². The number of rotatable bonds is 14. The molecule has 5 rings (SSSR count). The SMILES string of the molecule is CN(C)c1nc(NCCc2ccc(O)cc2)nc2c1cc(C(=O)N(CCCN1CCCC1=O)CC(N)=O)n2Cc1ccccc1. The number of benzene rings is 2. The van der Waals surface area contributed by atoms with Gasteiger partial charge in [-0.15, -0.1) is 0 Å². The zero-order chi connectivity index (χ0) is 31.9. The number of fused-ring (bicyclic) bond motifs is 1. The molecule has 3 heterocycles. The van der Waals surface area contributed by atoms with E-state index in [0.29, 0.717) is 73.9 Å². The molecule has 2 aromatic carbocycles. The second kappa shape index (κ2) is 14.1. The molecule has 12 heteroatoms. The summed E-state index contributed by atoms with van der Waals surface area (Å²) in [6, 6.07) is 18.6. The van der Waals surface area contributed by atoms with E-state index in [1.165, 1.54) is 4.90 Å². The van der Waals surface area contributed by atoms with Gasteiger partial charge in [0.1, 0.15) is 22.9 Å². The number of primary amides is 1. The van der Waals surface area contributed by atoms with Crippen LogP contribution < -0.4 is 16.0 Å². The first kappa shape index (κ1) is 31.3. The van der Waals surface area contributed by atoms with Crippen molar-refractivity contribution in [2.45, 2.75) is 32.2 Å². The van der Waals surface area contributed by atoms with E-state index in [4.69, 9.17) is 15.7 Å². The lowest BCUT2D eigenvalue weighted by molar-refractivity contribution is -0.127. The number of phenols is 1. The first-order valence-corrected chi connectivity index (χ1v) is 15.2. The third-order valence-corrected chi connectivity index (χ3v) is 7.85. The van der Waals surface area contributed by atoms with Crippen molar-refractivity contribution in [2.24, 2.45) is 5.73 Å². The molecule has 0 bridgehead atoms. The number of aromatic nitrogens is 3. The minimum absolute atomic E-state index is 0.119. The number of hydrogen-bond donors (Lipinski definition) is 3. The summed E-state index contributed by atoms with van der Waals surface area (Å²) in [5.41, 5.74) is 8.56. The maximum absolute atomic E-state index is 14.2. The number of nitrogens with two attached hydrogens (primary N) is 1. The molecule has 0 unspecified atom stereocenters. The van der Waals surface area contributed by atoms with Crippen LogP contribution in [0.25, 0.3) is 11.0 Å². The molecule has 1 saturated heterocycles. The predicted molar refractivity (Wildman–Crippen MR) is 173 cm³/mol. The van der Waals surface area contributed by atoms with Crippen LogP contribution in [-0.2, 0) is 22.6 Å². The first-order chi connectivity index (χ1) is 21.7. The third-order valence-electron chi connectivity index (χ3n) is 7.85. The fourth-order valence-corrected chi connectivity index (χ4v) is 5.61. The quantitative estimate of drug-likeness (QED) is 0.197. The van der Waals surface area contributed by atoms with E-state index in [9.17, 15) is 19.5 Å². The number of aromatic hydroxyl groups is 1. The standard InChI is InChI=1S/C33H40N8O4/c1-38(2)30-26-20-27(32(45)40(22-28(34)43)19-7-18-39-17-6-10-29(39)44)41(21-24-8-4-3-5-9-24)31(26)37-33(36-30)35-16-15-23-11-13-25(42)14-12-23/h3-5,8-9,11-14,20,42H,6-7,10,15-19,21-22H2,1-2H3,(H2,34,43)(H,35,36,37). The van der Waals surface area contributed by atoms with Crippen LogP contribution in [0.5, 0.6) is 5.75 Å². The van der Waals surface area contributed by atoms with Gasteiger partial charge >= 0.3 is 0 Å². The molecule has 45 heavy (non-hydrogen) atoms. The van der Waals surface area contributed by atoms with Crippen molar-refractivity contribution in [3.8, 4) is 5.75 Å². The molecule has 1 fully saturated rings. The zero-order valence-corrected chi connectivity index (χ0v) is 25.8. The Hall–Kier alpha value is -5.13. The number of carbonyl (C=O) groups is 3. The number of amides is 3. The molecule has 0 radical (unpaired) electrons. The van der Waals surface area contributed by atoms with Crippen LogP contribution in [0, 0.1) is 0 Å². The van der Waals surface area contributed by atoms with Crippen LogP contribution in [0.4, 0.5) is 11.8 Å². The number of anilines is 2. The van der Waals surface area contributed by atoms with Crippen LogP contribution in [0.2, 0.25) is 0 Å². The molecule has 236 valence electrons. The molecule has 1 aliphatic rings. The van der Waals surface area contributed by atoms with E-state index in [0.717, 1.165) is 17.5 Å². The van der Waals surface area contributed by atoms with Gasteiger partial charge in [-0.25, -0.2) is 0 Å². The second-order valence-electron chi connectivity index (χ2n) is 11.5. The molecular formula is C33H40N8O4.